The number of esters is 1. The molecule has 3 heteroatoms. The van der Waals surface area contributed by atoms with E-state index in [-0.39, 0.29) is 12.4 Å². The zero-order valence-corrected chi connectivity index (χ0v) is 7.41. The first kappa shape index (κ1) is 8.26. The molecular weight excluding hydrogens is 166 g/mol. The molecule has 68 valence electrons. The van der Waals surface area contributed by atoms with Gasteiger partial charge in [-0.15, -0.1) is 0 Å². The van der Waals surface area contributed by atoms with Gasteiger partial charge < -0.3 is 10.5 Å². The molecule has 0 saturated heterocycles. The van der Waals surface area contributed by atoms with Gasteiger partial charge in [0.05, 0.1) is 12.0 Å². The molecule has 0 saturated carbocycles. The molecule has 0 fully saturated rings. The molecule has 0 amide bonds. The summed E-state index contributed by atoms with van der Waals surface area (Å²) in [4.78, 5) is 11.1. The zero-order chi connectivity index (χ0) is 9.47. The summed E-state index contributed by atoms with van der Waals surface area (Å²) in [5.74, 6) is 0.326. The van der Waals surface area contributed by atoms with Gasteiger partial charge in [0.1, 0.15) is 5.75 Å². The number of para-hydroxylation sites is 1. The molecule has 0 aliphatic carbocycles. The minimum atomic E-state index is -0.591. The molecule has 2 N–H and O–H groups in total. The van der Waals surface area contributed by atoms with Crippen LogP contribution in [-0.2, 0) is 10.3 Å². The van der Waals surface area contributed by atoms with Gasteiger partial charge in [-0.3, -0.25) is 4.79 Å². The van der Waals surface area contributed by atoms with E-state index >= 15 is 0 Å². The van der Waals surface area contributed by atoms with Crippen molar-refractivity contribution in [1.82, 2.24) is 0 Å². The standard InChI is InChI=1S/C10H11NO2/c1-10(11)6-9(12)13-8-5-3-2-4-7(8)10/h2-5H,6,11H2,1H3. The van der Waals surface area contributed by atoms with Crippen molar-refractivity contribution in [2.75, 3.05) is 0 Å². The average molecular weight is 177 g/mol. The van der Waals surface area contributed by atoms with Crippen molar-refractivity contribution in [2.45, 2.75) is 18.9 Å². The van der Waals surface area contributed by atoms with Crippen molar-refractivity contribution in [2.24, 2.45) is 5.73 Å². The first-order valence-electron chi connectivity index (χ1n) is 4.19. The van der Waals surface area contributed by atoms with Crippen LogP contribution in [0.15, 0.2) is 24.3 Å². The molecular formula is C10H11NO2. The quantitative estimate of drug-likeness (QED) is 0.478. The predicted molar refractivity (Wildman–Crippen MR) is 48.2 cm³/mol. The highest BCUT2D eigenvalue weighted by molar-refractivity contribution is 5.77. The van der Waals surface area contributed by atoms with E-state index in [2.05, 4.69) is 0 Å². The van der Waals surface area contributed by atoms with Gasteiger partial charge in [0.25, 0.3) is 0 Å². The van der Waals surface area contributed by atoms with E-state index in [1.54, 1.807) is 6.07 Å². The van der Waals surface area contributed by atoms with Gasteiger partial charge in [-0.25, -0.2) is 0 Å². The fourth-order valence-corrected chi connectivity index (χ4v) is 1.58. The van der Waals surface area contributed by atoms with Crippen molar-refractivity contribution in [1.29, 1.82) is 0 Å². The molecule has 0 aromatic heterocycles. The Balaban J connectivity index is 2.56. The molecule has 1 unspecified atom stereocenters. The number of hydrogen-bond donors (Lipinski definition) is 1. The van der Waals surface area contributed by atoms with Crippen LogP contribution >= 0.6 is 0 Å². The van der Waals surface area contributed by atoms with Gasteiger partial charge in [-0.05, 0) is 13.0 Å². The molecule has 3 nitrogen and oxygen atoms in total. The third-order valence-electron chi connectivity index (χ3n) is 2.24. The van der Waals surface area contributed by atoms with E-state index < -0.39 is 5.54 Å². The van der Waals surface area contributed by atoms with Crippen LogP contribution in [0.1, 0.15) is 18.9 Å². The van der Waals surface area contributed by atoms with Crippen molar-refractivity contribution >= 4 is 5.97 Å². The van der Waals surface area contributed by atoms with Crippen LogP contribution in [-0.4, -0.2) is 5.97 Å². The molecule has 1 atom stereocenters. The second-order valence-electron chi connectivity index (χ2n) is 3.56. The number of carbonyl (C=O) groups excluding carboxylic acids is 1. The summed E-state index contributed by atoms with van der Waals surface area (Å²) >= 11 is 0. The van der Waals surface area contributed by atoms with Gasteiger partial charge in [-0.2, -0.15) is 0 Å². The maximum absolute atomic E-state index is 11.1. The summed E-state index contributed by atoms with van der Waals surface area (Å²) in [5, 5.41) is 0. The number of nitrogens with two attached hydrogens (primary N) is 1. The zero-order valence-electron chi connectivity index (χ0n) is 7.41. The fraction of sp³-hybridized carbons (Fsp3) is 0.300. The van der Waals surface area contributed by atoms with E-state index in [4.69, 9.17) is 10.5 Å². The van der Waals surface area contributed by atoms with Crippen LogP contribution < -0.4 is 10.5 Å². The molecule has 1 heterocycles. The maximum Gasteiger partial charge on any atom is 0.313 e. The third kappa shape index (κ3) is 1.31. The second kappa shape index (κ2) is 2.57. The average Bonchev–Trinajstić information content (AvgIpc) is 2.02. The molecule has 0 spiro atoms. The molecule has 0 bridgehead atoms. The van der Waals surface area contributed by atoms with Gasteiger partial charge >= 0.3 is 5.97 Å². The molecule has 1 aromatic rings. The molecule has 1 aliphatic heterocycles. The Morgan fingerprint density at radius 1 is 1.46 bits per heavy atom. The molecule has 13 heavy (non-hydrogen) atoms. The summed E-state index contributed by atoms with van der Waals surface area (Å²) in [6, 6.07) is 7.37. The highest BCUT2D eigenvalue weighted by atomic mass is 16.5. The van der Waals surface area contributed by atoms with Crippen molar-refractivity contribution in [3.8, 4) is 5.75 Å². The maximum atomic E-state index is 11.1. The topological polar surface area (TPSA) is 52.3 Å². The largest absolute Gasteiger partial charge is 0.426 e. The molecule has 1 aliphatic rings. The lowest BCUT2D eigenvalue weighted by Gasteiger charge is -2.30. The minimum absolute atomic E-state index is 0.240. The summed E-state index contributed by atoms with van der Waals surface area (Å²) in [7, 11) is 0. The van der Waals surface area contributed by atoms with Crippen LogP contribution in [0.25, 0.3) is 0 Å². The Bertz CT molecular complexity index is 358. The van der Waals surface area contributed by atoms with E-state index in [0.717, 1.165) is 5.56 Å². The summed E-state index contributed by atoms with van der Waals surface area (Å²) in [5.41, 5.74) is 6.29. The van der Waals surface area contributed by atoms with Crippen molar-refractivity contribution < 1.29 is 9.53 Å². The van der Waals surface area contributed by atoms with Crippen LogP contribution in [0.5, 0.6) is 5.75 Å². The van der Waals surface area contributed by atoms with Gasteiger partial charge in [0, 0.05) is 5.56 Å². The normalized spacial score (nSPS) is 26.5. The number of ether oxygens (including phenoxy) is 1. The van der Waals surface area contributed by atoms with Gasteiger partial charge in [0.15, 0.2) is 0 Å². The Kier molecular flexibility index (Phi) is 1.63. The summed E-state index contributed by atoms with van der Waals surface area (Å²) in [6.45, 7) is 1.84. The Labute approximate surface area is 76.5 Å². The van der Waals surface area contributed by atoms with E-state index in [1.807, 2.05) is 25.1 Å². The number of carbonyl (C=O) groups is 1. The molecule has 2 rings (SSSR count). The number of fused-ring (bicyclic) bond motifs is 1. The van der Waals surface area contributed by atoms with E-state index in [9.17, 15) is 4.79 Å². The van der Waals surface area contributed by atoms with Crippen LogP contribution in [0, 0.1) is 0 Å². The first-order chi connectivity index (χ1) is 6.09. The Morgan fingerprint density at radius 3 is 2.92 bits per heavy atom. The molecule has 1 aromatic carbocycles. The first-order valence-corrected chi connectivity index (χ1v) is 4.19. The Morgan fingerprint density at radius 2 is 2.15 bits per heavy atom. The van der Waals surface area contributed by atoms with Crippen LogP contribution in [0.4, 0.5) is 0 Å². The van der Waals surface area contributed by atoms with Crippen LogP contribution in [0.3, 0.4) is 0 Å². The minimum Gasteiger partial charge on any atom is -0.426 e. The number of hydrogen-bond acceptors (Lipinski definition) is 3. The monoisotopic (exact) mass is 177 g/mol. The van der Waals surface area contributed by atoms with Gasteiger partial charge in [0.2, 0.25) is 0 Å². The number of rotatable bonds is 0. The third-order valence-corrected chi connectivity index (χ3v) is 2.24. The highest BCUT2D eigenvalue weighted by Gasteiger charge is 2.33. The van der Waals surface area contributed by atoms with Gasteiger partial charge in [-0.1, -0.05) is 18.2 Å². The highest BCUT2D eigenvalue weighted by Crippen LogP contribution is 2.34. The summed E-state index contributed by atoms with van der Waals surface area (Å²) < 4.78 is 5.05. The smallest absolute Gasteiger partial charge is 0.313 e. The van der Waals surface area contributed by atoms with Crippen molar-refractivity contribution in [3.63, 3.8) is 0 Å². The SMILES string of the molecule is CC1(N)CC(=O)Oc2ccccc21. The number of benzene rings is 1. The fourth-order valence-electron chi connectivity index (χ4n) is 1.58. The van der Waals surface area contributed by atoms with Crippen molar-refractivity contribution in [3.05, 3.63) is 29.8 Å². The lowest BCUT2D eigenvalue weighted by Crippen LogP contribution is -2.40. The van der Waals surface area contributed by atoms with Crippen LogP contribution in [0.2, 0.25) is 0 Å². The molecule has 0 radical (unpaired) electrons. The van der Waals surface area contributed by atoms with E-state index in [0.29, 0.717) is 5.75 Å². The predicted octanol–water partition coefficient (Wildman–Crippen LogP) is 1.17. The second-order valence-corrected chi connectivity index (χ2v) is 3.56. The Hall–Kier alpha value is -1.35. The lowest BCUT2D eigenvalue weighted by molar-refractivity contribution is -0.137. The summed E-state index contributed by atoms with van der Waals surface area (Å²) in [6.07, 6.45) is 0.240. The van der Waals surface area contributed by atoms with E-state index in [1.165, 1.54) is 0 Å². The lowest BCUT2D eigenvalue weighted by atomic mass is 9.87.